The summed E-state index contributed by atoms with van der Waals surface area (Å²) >= 11 is 0.162. The molecule has 0 aromatic rings. The second-order valence-corrected chi connectivity index (χ2v) is 20.4. The molecule has 88 valence electrons. The number of hydrogen-bond acceptors (Lipinski definition) is 2. The Morgan fingerprint density at radius 1 is 1.47 bits per heavy atom. The van der Waals surface area contributed by atoms with Crippen LogP contribution < -0.4 is 0 Å². The van der Waals surface area contributed by atoms with E-state index in [1.165, 1.54) is 10.7 Å². The molecule has 15 heavy (non-hydrogen) atoms. The molecule has 0 aliphatic rings. The Balaban J connectivity index is 4.63. The van der Waals surface area contributed by atoms with Crippen molar-refractivity contribution in [3.05, 3.63) is 10.2 Å². The first-order valence-electron chi connectivity index (χ1n) is 5.17. The monoisotopic (exact) mass is 432 g/mol. The second kappa shape index (κ2) is 7.14. The van der Waals surface area contributed by atoms with Crippen molar-refractivity contribution in [3.8, 4) is 0 Å². The van der Waals surface area contributed by atoms with Crippen LogP contribution in [-0.2, 0) is 9.53 Å². The van der Waals surface area contributed by atoms with E-state index in [1.807, 2.05) is 0 Å². The maximum absolute atomic E-state index is 11.7. The molecule has 2 nitrogen and oxygen atoms in total. The molecule has 0 heterocycles. The second-order valence-electron chi connectivity index (χ2n) is 4.68. The Hall–Kier alpha value is 0.739. The number of rotatable bonds is 6. The van der Waals surface area contributed by atoms with Gasteiger partial charge in [0.25, 0.3) is 0 Å². The third kappa shape index (κ3) is 5.56. The van der Waals surface area contributed by atoms with Crippen molar-refractivity contribution in [1.82, 2.24) is 0 Å². The minimum atomic E-state index is -2.17. The summed E-state index contributed by atoms with van der Waals surface area (Å²) < 4.78 is 7.12. The van der Waals surface area contributed by atoms with Gasteiger partial charge in [0.15, 0.2) is 0 Å². The summed E-state index contributed by atoms with van der Waals surface area (Å²) in [5, 5.41) is 0. The van der Waals surface area contributed by atoms with E-state index in [4.69, 9.17) is 4.74 Å². The Bertz CT molecular complexity index is 233. The van der Waals surface area contributed by atoms with Gasteiger partial charge >= 0.3 is 112 Å². The summed E-state index contributed by atoms with van der Waals surface area (Å²) in [6.45, 7) is 4.14. The standard InChI is InChI=1S/C8H12IO2.3CH3.Sn/c1-3-7(5-4-6-9)8(10)11-2;;;;/h7H,1,4-6H2,2H3;3*1H3;/t7-;;;;/m0..../s1. The van der Waals surface area contributed by atoms with E-state index in [0.29, 0.717) is 0 Å². The molecule has 0 N–H and O–H groups in total. The van der Waals surface area contributed by atoms with Crippen molar-refractivity contribution in [3.63, 3.8) is 0 Å². The third-order valence-corrected chi connectivity index (χ3v) is 9.75. The molecule has 0 unspecified atom stereocenters. The van der Waals surface area contributed by atoms with Gasteiger partial charge in [0, 0.05) is 0 Å². The van der Waals surface area contributed by atoms with Gasteiger partial charge < -0.3 is 0 Å². The Morgan fingerprint density at radius 2 is 2.00 bits per heavy atom. The number of esters is 1. The van der Waals surface area contributed by atoms with Crippen LogP contribution in [0.15, 0.2) is 10.2 Å². The molecule has 0 rings (SSSR count). The molecule has 0 aromatic carbocycles. The quantitative estimate of drug-likeness (QED) is 0.279. The first kappa shape index (κ1) is 15.7. The molecule has 1 atom stereocenters. The fraction of sp³-hybridized carbons (Fsp3) is 0.727. The van der Waals surface area contributed by atoms with E-state index in [1.54, 1.807) is 0 Å². The van der Waals surface area contributed by atoms with E-state index in [-0.39, 0.29) is 11.9 Å². The van der Waals surface area contributed by atoms with Gasteiger partial charge in [-0.25, -0.2) is 0 Å². The molecule has 0 bridgehead atoms. The molecule has 0 spiro atoms. The van der Waals surface area contributed by atoms with Crippen LogP contribution in [0.3, 0.4) is 0 Å². The number of carbonyl (C=O) groups is 1. The average molecular weight is 431 g/mol. The summed E-state index contributed by atoms with van der Waals surface area (Å²) in [4.78, 5) is 18.5. The Labute approximate surface area is 111 Å². The van der Waals surface area contributed by atoms with Crippen LogP contribution in [0.5, 0.6) is 0 Å². The van der Waals surface area contributed by atoms with Crippen LogP contribution in [0.2, 0.25) is 14.8 Å². The molecule has 0 saturated carbocycles. The number of hydrogen-bond donors (Lipinski definition) is 0. The van der Waals surface area contributed by atoms with Crippen molar-refractivity contribution in [1.29, 1.82) is 0 Å². The molecule has 0 radical (unpaired) electrons. The van der Waals surface area contributed by atoms with Crippen molar-refractivity contribution in [2.75, 3.05) is 11.5 Å². The van der Waals surface area contributed by atoms with Gasteiger partial charge in [0.05, 0.1) is 0 Å². The zero-order valence-electron chi connectivity index (χ0n) is 10.1. The topological polar surface area (TPSA) is 26.3 Å². The van der Waals surface area contributed by atoms with Crippen molar-refractivity contribution in [2.24, 2.45) is 5.92 Å². The Morgan fingerprint density at radius 3 is 2.33 bits per heavy atom. The zero-order chi connectivity index (χ0) is 12.1. The van der Waals surface area contributed by atoms with Gasteiger partial charge in [0.2, 0.25) is 0 Å². The van der Waals surface area contributed by atoms with Gasteiger partial charge in [-0.1, -0.05) is 0 Å². The van der Waals surface area contributed by atoms with E-state index < -0.39 is 18.4 Å². The normalized spacial score (nSPS) is 13.4. The number of carbonyl (C=O) groups excluding carboxylic acids is 1. The van der Waals surface area contributed by atoms with Crippen LogP contribution >= 0.6 is 22.6 Å². The van der Waals surface area contributed by atoms with Gasteiger partial charge in [-0.15, -0.1) is 0 Å². The first-order chi connectivity index (χ1) is 6.84. The van der Waals surface area contributed by atoms with Gasteiger partial charge in [-0.05, 0) is 0 Å². The van der Waals surface area contributed by atoms with E-state index in [9.17, 15) is 4.79 Å². The summed E-state index contributed by atoms with van der Waals surface area (Å²) in [7, 11) is 1.46. The van der Waals surface area contributed by atoms with Crippen LogP contribution in [0.25, 0.3) is 0 Å². The van der Waals surface area contributed by atoms with E-state index in [2.05, 4.69) is 44.0 Å². The summed E-state index contributed by atoms with van der Waals surface area (Å²) in [5.41, 5.74) is 0. The maximum atomic E-state index is 11.7. The summed E-state index contributed by atoms with van der Waals surface area (Å²) in [5.74, 6) is -0.156. The number of ether oxygens (including phenoxy) is 1. The zero-order valence-corrected chi connectivity index (χ0v) is 15.1. The molecule has 0 amide bonds. The Kier molecular flexibility index (Phi) is 7.49. The third-order valence-electron chi connectivity index (χ3n) is 2.50. The molecular formula is C11H21IO2Sn. The predicted molar refractivity (Wildman–Crippen MR) is 76.1 cm³/mol. The van der Waals surface area contributed by atoms with Crippen LogP contribution in [-0.4, -0.2) is 35.9 Å². The number of halogens is 1. The van der Waals surface area contributed by atoms with Gasteiger partial charge in [-0.2, -0.15) is 0 Å². The van der Waals surface area contributed by atoms with Gasteiger partial charge in [0.1, 0.15) is 0 Å². The molecule has 0 aliphatic carbocycles. The van der Waals surface area contributed by atoms with Crippen molar-refractivity contribution in [2.45, 2.75) is 27.7 Å². The molecule has 0 aliphatic heterocycles. The fourth-order valence-corrected chi connectivity index (χ4v) is 5.55. The van der Waals surface area contributed by atoms with E-state index in [0.717, 1.165) is 17.3 Å². The summed E-state index contributed by atoms with van der Waals surface area (Å²) in [6.07, 6.45) is 1.95. The minimum absolute atomic E-state index is 0.0550. The van der Waals surface area contributed by atoms with Crippen LogP contribution in [0.4, 0.5) is 0 Å². The fourth-order valence-electron chi connectivity index (χ4n) is 1.38. The van der Waals surface area contributed by atoms with Crippen LogP contribution in [0, 0.1) is 5.92 Å². The molecular weight excluding hydrogens is 410 g/mol. The average Bonchev–Trinajstić information content (AvgIpc) is 2.16. The van der Waals surface area contributed by atoms with Crippen molar-refractivity contribution < 1.29 is 9.53 Å². The number of methoxy groups -OCH3 is 1. The van der Waals surface area contributed by atoms with Crippen molar-refractivity contribution >= 4 is 46.9 Å². The molecule has 0 fully saturated rings. The van der Waals surface area contributed by atoms with E-state index >= 15 is 0 Å². The van der Waals surface area contributed by atoms with Gasteiger partial charge in [-0.3, -0.25) is 0 Å². The molecule has 4 heteroatoms. The summed E-state index contributed by atoms with van der Waals surface area (Å²) in [6, 6.07) is 0. The number of alkyl halides is 1. The molecule has 0 saturated heterocycles. The van der Waals surface area contributed by atoms with Crippen LogP contribution in [0.1, 0.15) is 12.8 Å². The first-order valence-corrected chi connectivity index (χ1v) is 16.7. The molecule has 0 aromatic heterocycles. The predicted octanol–water partition coefficient (Wildman–Crippen LogP) is 3.42. The SMILES string of the molecule is C=[C]([C@@H](CCCI)C(=O)OC)[Sn]([CH3])([CH3])[CH3].